The molecule has 0 spiro atoms. The molecule has 2 heterocycles. The Morgan fingerprint density at radius 2 is 2.10 bits per heavy atom. The first kappa shape index (κ1) is 19.4. The highest BCUT2D eigenvalue weighted by Gasteiger charge is 2.53. The van der Waals surface area contributed by atoms with Gasteiger partial charge < -0.3 is 16.0 Å². The maximum absolute atomic E-state index is 13.1. The molecule has 2 aromatic carbocycles. The number of aryl methyl sites for hydroxylation is 1. The van der Waals surface area contributed by atoms with E-state index >= 15 is 0 Å². The molecular weight excluding hydrogens is 460 g/mol. The first-order valence-corrected chi connectivity index (χ1v) is 9.81. The molecule has 0 saturated carbocycles. The lowest BCUT2D eigenvalue weighted by Gasteiger charge is -2.32. The number of carbonyl (C=O) groups is 2. The molecule has 29 heavy (non-hydrogen) atoms. The fourth-order valence-electron chi connectivity index (χ4n) is 3.49. The number of aromatic nitrogens is 2. The summed E-state index contributed by atoms with van der Waals surface area (Å²) in [5, 5.41) is 6.04. The van der Waals surface area contributed by atoms with Crippen LogP contribution in [0, 0.1) is 6.92 Å². The van der Waals surface area contributed by atoms with E-state index in [1.165, 1.54) is 6.34 Å². The Balaban J connectivity index is 1.72. The summed E-state index contributed by atoms with van der Waals surface area (Å²) < 4.78 is 0.749. The number of H-pyrrole nitrogens is 1. The number of hydrogen-bond donors (Lipinski definition) is 4. The summed E-state index contributed by atoms with van der Waals surface area (Å²) in [4.78, 5) is 37.2. The Labute approximate surface area is 179 Å². The molecule has 4 rings (SSSR count). The van der Waals surface area contributed by atoms with Crippen LogP contribution in [0.1, 0.15) is 11.1 Å². The van der Waals surface area contributed by atoms with Crippen LogP contribution in [0.5, 0.6) is 0 Å². The number of aromatic amines is 1. The smallest absolute Gasteiger partial charge is 0.254 e. The molecule has 0 aliphatic carbocycles. The number of aliphatic imine (C=N–C) groups is 1. The number of nitrogens with one attached hydrogen (secondary N) is 3. The van der Waals surface area contributed by atoms with E-state index in [4.69, 9.17) is 17.3 Å². The Hall–Kier alpha value is -2.91. The van der Waals surface area contributed by atoms with Gasteiger partial charge in [-0.3, -0.25) is 19.9 Å². The Kier molecular flexibility index (Phi) is 4.79. The number of fused-ring (bicyclic) bond motifs is 1. The zero-order chi connectivity index (χ0) is 20.8. The lowest BCUT2D eigenvalue weighted by Crippen LogP contribution is -2.59. The minimum atomic E-state index is -1.53. The van der Waals surface area contributed by atoms with Gasteiger partial charge in [-0.05, 0) is 42.3 Å². The molecule has 3 aromatic rings. The zero-order valence-corrected chi connectivity index (χ0v) is 17.5. The third-order valence-corrected chi connectivity index (χ3v) is 5.69. The number of carbonyl (C=O) groups excluding carboxylic acids is 2. The number of primary amides is 1. The number of hydrogen-bond acceptors (Lipinski definition) is 5. The minimum absolute atomic E-state index is 0.199. The molecule has 148 valence electrons. The van der Waals surface area contributed by atoms with Crippen LogP contribution in [-0.4, -0.2) is 34.2 Å². The van der Waals surface area contributed by atoms with Crippen LogP contribution >= 0.6 is 27.5 Å². The lowest BCUT2D eigenvalue weighted by atomic mass is 9.80. The van der Waals surface area contributed by atoms with Crippen LogP contribution in [0.2, 0.25) is 5.02 Å². The molecule has 0 saturated heterocycles. The van der Waals surface area contributed by atoms with Crippen molar-refractivity contribution in [2.45, 2.75) is 18.5 Å². The Bertz CT molecular complexity index is 1180. The lowest BCUT2D eigenvalue weighted by molar-refractivity contribution is -0.129. The number of para-hydroxylation sites is 1. The summed E-state index contributed by atoms with van der Waals surface area (Å²) >= 11 is 9.54. The quantitative estimate of drug-likeness (QED) is 0.463. The van der Waals surface area contributed by atoms with Crippen molar-refractivity contribution < 1.29 is 9.59 Å². The Morgan fingerprint density at radius 1 is 1.31 bits per heavy atom. The van der Waals surface area contributed by atoms with Crippen LogP contribution in [-0.2, 0) is 15.1 Å². The van der Waals surface area contributed by atoms with Gasteiger partial charge in [0.1, 0.15) is 5.52 Å². The average Bonchev–Trinajstić information content (AvgIpc) is 3.29. The first-order chi connectivity index (χ1) is 13.8. The van der Waals surface area contributed by atoms with Crippen molar-refractivity contribution in [3.05, 3.63) is 57.0 Å². The highest BCUT2D eigenvalue weighted by Crippen LogP contribution is 2.34. The number of benzene rings is 2. The van der Waals surface area contributed by atoms with Crippen LogP contribution in [0.25, 0.3) is 11.0 Å². The number of anilines is 1. The molecule has 0 radical (unpaired) electrons. The normalized spacial score (nSPS) is 20.6. The molecule has 0 fully saturated rings. The molecule has 10 heteroatoms. The third-order valence-electron chi connectivity index (χ3n) is 4.89. The van der Waals surface area contributed by atoms with E-state index in [1.54, 1.807) is 24.3 Å². The largest absolute Gasteiger partial charge is 0.367 e. The molecule has 2 atom stereocenters. The van der Waals surface area contributed by atoms with Crippen LogP contribution < -0.4 is 16.4 Å². The molecule has 0 bridgehead atoms. The summed E-state index contributed by atoms with van der Waals surface area (Å²) in [6.07, 6.45) is 1.32. The highest BCUT2D eigenvalue weighted by atomic mass is 79.9. The van der Waals surface area contributed by atoms with Crippen molar-refractivity contribution in [1.29, 1.82) is 0 Å². The highest BCUT2D eigenvalue weighted by molar-refractivity contribution is 9.10. The standard InChI is InChI=1S/C19H16BrClN6O2/c1-9-5-6-10(20)7-11(9)19(17(22)29)15(23-8-24-19)16(28)27-18-25-13-4-2-3-12(21)14(13)26-18/h2-8,15H,1H3,(H2,22,29)(H,23,24)(H2,25,26,27,28). The zero-order valence-electron chi connectivity index (χ0n) is 15.2. The van der Waals surface area contributed by atoms with E-state index in [0.717, 1.165) is 10.0 Å². The van der Waals surface area contributed by atoms with Gasteiger partial charge in [-0.2, -0.15) is 0 Å². The second-order valence-electron chi connectivity index (χ2n) is 6.67. The summed E-state index contributed by atoms with van der Waals surface area (Å²) in [5.41, 5.74) is 6.79. The molecule has 1 aliphatic rings. The summed E-state index contributed by atoms with van der Waals surface area (Å²) in [6.45, 7) is 1.84. The fourth-order valence-corrected chi connectivity index (χ4v) is 4.07. The van der Waals surface area contributed by atoms with E-state index in [1.807, 2.05) is 19.1 Å². The molecule has 5 N–H and O–H groups in total. The first-order valence-electron chi connectivity index (χ1n) is 8.64. The van der Waals surface area contributed by atoms with E-state index in [0.29, 0.717) is 21.6 Å². The van der Waals surface area contributed by atoms with Crippen molar-refractivity contribution in [1.82, 2.24) is 15.3 Å². The van der Waals surface area contributed by atoms with Gasteiger partial charge in [-0.1, -0.05) is 39.7 Å². The van der Waals surface area contributed by atoms with Crippen LogP contribution in [0.3, 0.4) is 0 Å². The topological polar surface area (TPSA) is 125 Å². The fraction of sp³-hybridized carbons (Fsp3) is 0.158. The molecular formula is C19H16BrClN6O2. The van der Waals surface area contributed by atoms with Crippen molar-refractivity contribution in [3.63, 3.8) is 0 Å². The van der Waals surface area contributed by atoms with Crippen molar-refractivity contribution in [2.24, 2.45) is 10.7 Å². The average molecular weight is 476 g/mol. The van der Waals surface area contributed by atoms with Gasteiger partial charge in [0.2, 0.25) is 5.95 Å². The summed E-state index contributed by atoms with van der Waals surface area (Å²) in [7, 11) is 0. The van der Waals surface area contributed by atoms with E-state index in [-0.39, 0.29) is 5.95 Å². The second kappa shape index (κ2) is 7.16. The van der Waals surface area contributed by atoms with Gasteiger partial charge in [0.15, 0.2) is 11.6 Å². The van der Waals surface area contributed by atoms with Gasteiger partial charge in [0, 0.05) is 4.47 Å². The van der Waals surface area contributed by atoms with Gasteiger partial charge in [0.05, 0.1) is 16.9 Å². The second-order valence-corrected chi connectivity index (χ2v) is 7.99. The van der Waals surface area contributed by atoms with E-state index in [9.17, 15) is 9.59 Å². The number of imidazole rings is 1. The van der Waals surface area contributed by atoms with Crippen molar-refractivity contribution in [2.75, 3.05) is 5.32 Å². The molecule has 1 aliphatic heterocycles. The van der Waals surface area contributed by atoms with Crippen LogP contribution in [0.15, 0.2) is 45.9 Å². The Morgan fingerprint density at radius 3 is 2.83 bits per heavy atom. The summed E-state index contributed by atoms with van der Waals surface area (Å²) in [5.74, 6) is -1.06. The molecule has 2 amide bonds. The third kappa shape index (κ3) is 3.16. The van der Waals surface area contributed by atoms with Crippen molar-refractivity contribution in [3.8, 4) is 0 Å². The molecule has 2 unspecified atom stereocenters. The molecule has 1 aromatic heterocycles. The van der Waals surface area contributed by atoms with Crippen LogP contribution in [0.4, 0.5) is 5.95 Å². The number of nitrogens with two attached hydrogens (primary N) is 1. The van der Waals surface area contributed by atoms with Gasteiger partial charge in [-0.15, -0.1) is 0 Å². The van der Waals surface area contributed by atoms with Gasteiger partial charge >= 0.3 is 0 Å². The minimum Gasteiger partial charge on any atom is -0.367 e. The maximum atomic E-state index is 13.1. The number of amides is 2. The maximum Gasteiger partial charge on any atom is 0.254 e. The number of halogens is 2. The predicted molar refractivity (Wildman–Crippen MR) is 115 cm³/mol. The number of rotatable bonds is 4. The number of nitrogens with zero attached hydrogens (tertiary/aromatic N) is 2. The molecule has 8 nitrogen and oxygen atoms in total. The van der Waals surface area contributed by atoms with E-state index < -0.39 is 23.4 Å². The van der Waals surface area contributed by atoms with Crippen molar-refractivity contribution >= 4 is 62.7 Å². The monoisotopic (exact) mass is 474 g/mol. The van der Waals surface area contributed by atoms with Gasteiger partial charge in [0.25, 0.3) is 11.8 Å². The van der Waals surface area contributed by atoms with Gasteiger partial charge in [-0.25, -0.2) is 4.98 Å². The summed E-state index contributed by atoms with van der Waals surface area (Å²) in [6, 6.07) is 9.57. The predicted octanol–water partition coefficient (Wildman–Crippen LogP) is 2.61. The van der Waals surface area contributed by atoms with E-state index in [2.05, 4.69) is 41.5 Å². The SMILES string of the molecule is Cc1ccc(Br)cc1C1(C(N)=O)NC=NC1C(=O)Nc1nc2c(Cl)cccc2[nH]1.